The lowest BCUT2D eigenvalue weighted by molar-refractivity contribution is -0.0299. The summed E-state index contributed by atoms with van der Waals surface area (Å²) in [6, 6.07) is 4.47. The number of hydrogen-bond donors (Lipinski definition) is 1. The van der Waals surface area contributed by atoms with Gasteiger partial charge >= 0.3 is 0 Å². The predicted molar refractivity (Wildman–Crippen MR) is 87.2 cm³/mol. The standard InChI is InChI=1S/C18H29NO4/c20-16(13-21-14-18-8-4-10-23-18)11-19(15-5-1-2-6-15)12-17-7-3-9-22-17/h3,7,9,15-16,18,20H,1-2,4-6,8,10-14H2. The fourth-order valence-electron chi connectivity index (χ4n) is 3.65. The molecule has 1 saturated heterocycles. The van der Waals surface area contributed by atoms with Crippen molar-refractivity contribution in [3.8, 4) is 0 Å². The minimum Gasteiger partial charge on any atom is -0.468 e. The van der Waals surface area contributed by atoms with Gasteiger partial charge < -0.3 is 19.0 Å². The summed E-state index contributed by atoms with van der Waals surface area (Å²) < 4.78 is 16.7. The first kappa shape index (κ1) is 17.0. The average molecular weight is 323 g/mol. The second-order valence-corrected chi connectivity index (χ2v) is 6.77. The van der Waals surface area contributed by atoms with Gasteiger partial charge in [-0.3, -0.25) is 4.90 Å². The molecule has 5 nitrogen and oxygen atoms in total. The molecule has 3 rings (SSSR count). The monoisotopic (exact) mass is 323 g/mol. The predicted octanol–water partition coefficient (Wildman–Crippen LogP) is 2.58. The highest BCUT2D eigenvalue weighted by molar-refractivity contribution is 4.99. The van der Waals surface area contributed by atoms with Crippen LogP contribution in [0.2, 0.25) is 0 Å². The fourth-order valence-corrected chi connectivity index (χ4v) is 3.65. The molecule has 1 aliphatic heterocycles. The van der Waals surface area contributed by atoms with Crippen molar-refractivity contribution >= 4 is 0 Å². The summed E-state index contributed by atoms with van der Waals surface area (Å²) >= 11 is 0. The molecule has 0 aromatic carbocycles. The Morgan fingerprint density at radius 3 is 2.83 bits per heavy atom. The third kappa shape index (κ3) is 5.31. The number of aliphatic hydroxyl groups excluding tert-OH is 1. The maximum absolute atomic E-state index is 10.3. The normalized spacial score (nSPS) is 23.8. The van der Waals surface area contributed by atoms with Crippen molar-refractivity contribution in [2.45, 2.75) is 63.3 Å². The molecule has 2 atom stereocenters. The number of ether oxygens (including phenoxy) is 2. The van der Waals surface area contributed by atoms with E-state index < -0.39 is 6.10 Å². The zero-order valence-electron chi connectivity index (χ0n) is 13.9. The van der Waals surface area contributed by atoms with E-state index in [4.69, 9.17) is 13.9 Å². The fraction of sp³-hybridized carbons (Fsp3) is 0.778. The summed E-state index contributed by atoms with van der Waals surface area (Å²) in [5, 5.41) is 10.3. The summed E-state index contributed by atoms with van der Waals surface area (Å²) in [6.07, 6.45) is 8.65. The van der Waals surface area contributed by atoms with E-state index >= 15 is 0 Å². The Balaban J connectivity index is 1.44. The molecule has 1 aromatic heterocycles. The Morgan fingerprint density at radius 1 is 1.26 bits per heavy atom. The second kappa shape index (κ2) is 8.83. The van der Waals surface area contributed by atoms with Gasteiger partial charge in [0.2, 0.25) is 0 Å². The summed E-state index contributed by atoms with van der Waals surface area (Å²) in [7, 11) is 0. The Morgan fingerprint density at radius 2 is 2.13 bits per heavy atom. The van der Waals surface area contributed by atoms with Crippen LogP contribution in [0.25, 0.3) is 0 Å². The smallest absolute Gasteiger partial charge is 0.117 e. The number of furan rings is 1. The summed E-state index contributed by atoms with van der Waals surface area (Å²) in [5.41, 5.74) is 0. The van der Waals surface area contributed by atoms with Crippen LogP contribution in [0.15, 0.2) is 22.8 Å². The summed E-state index contributed by atoms with van der Waals surface area (Å²) in [6.45, 7) is 3.21. The first-order valence-corrected chi connectivity index (χ1v) is 8.95. The summed E-state index contributed by atoms with van der Waals surface area (Å²) in [4.78, 5) is 2.35. The largest absolute Gasteiger partial charge is 0.468 e. The van der Waals surface area contributed by atoms with E-state index in [1.54, 1.807) is 6.26 Å². The summed E-state index contributed by atoms with van der Waals surface area (Å²) in [5.74, 6) is 0.962. The lowest BCUT2D eigenvalue weighted by Crippen LogP contribution is -2.40. The van der Waals surface area contributed by atoms with Crippen LogP contribution in [-0.4, -0.2) is 54.6 Å². The zero-order valence-corrected chi connectivity index (χ0v) is 13.9. The van der Waals surface area contributed by atoms with E-state index in [2.05, 4.69) is 4.90 Å². The van der Waals surface area contributed by atoms with Crippen molar-refractivity contribution in [1.82, 2.24) is 4.90 Å². The molecule has 1 saturated carbocycles. The first-order valence-electron chi connectivity index (χ1n) is 8.95. The van der Waals surface area contributed by atoms with Gasteiger partial charge in [0.1, 0.15) is 5.76 Å². The molecule has 0 spiro atoms. The maximum Gasteiger partial charge on any atom is 0.117 e. The Kier molecular flexibility index (Phi) is 6.51. The van der Waals surface area contributed by atoms with Crippen LogP contribution in [0, 0.1) is 0 Å². The molecule has 1 aliphatic carbocycles. The zero-order chi connectivity index (χ0) is 15.9. The third-order valence-corrected chi connectivity index (χ3v) is 4.86. The van der Waals surface area contributed by atoms with Crippen LogP contribution in [0.3, 0.4) is 0 Å². The van der Waals surface area contributed by atoms with Crippen LogP contribution in [-0.2, 0) is 16.0 Å². The molecule has 23 heavy (non-hydrogen) atoms. The van der Waals surface area contributed by atoms with Gasteiger partial charge in [0, 0.05) is 19.2 Å². The van der Waals surface area contributed by atoms with Crippen LogP contribution in [0.5, 0.6) is 0 Å². The lowest BCUT2D eigenvalue weighted by Gasteiger charge is -2.30. The highest BCUT2D eigenvalue weighted by atomic mass is 16.5. The van der Waals surface area contributed by atoms with Gasteiger partial charge in [-0.05, 0) is 37.8 Å². The van der Waals surface area contributed by atoms with Crippen LogP contribution < -0.4 is 0 Å². The molecule has 2 unspecified atom stereocenters. The number of hydrogen-bond acceptors (Lipinski definition) is 5. The Labute approximate surface area is 138 Å². The molecule has 2 heterocycles. The van der Waals surface area contributed by atoms with Crippen LogP contribution in [0.1, 0.15) is 44.3 Å². The van der Waals surface area contributed by atoms with E-state index in [1.165, 1.54) is 25.7 Å². The van der Waals surface area contributed by atoms with Crippen molar-refractivity contribution in [2.24, 2.45) is 0 Å². The topological polar surface area (TPSA) is 55.1 Å². The molecule has 5 heteroatoms. The Hall–Kier alpha value is -0.880. The van der Waals surface area contributed by atoms with Crippen molar-refractivity contribution in [2.75, 3.05) is 26.4 Å². The molecule has 2 aliphatic rings. The highest BCUT2D eigenvalue weighted by Crippen LogP contribution is 2.25. The van der Waals surface area contributed by atoms with Gasteiger partial charge in [-0.25, -0.2) is 0 Å². The van der Waals surface area contributed by atoms with Crippen molar-refractivity contribution in [1.29, 1.82) is 0 Å². The number of aliphatic hydroxyl groups is 1. The molecule has 0 radical (unpaired) electrons. The molecular formula is C18H29NO4. The van der Waals surface area contributed by atoms with E-state index in [0.29, 0.717) is 25.8 Å². The molecule has 0 amide bonds. The Bertz CT molecular complexity index is 424. The van der Waals surface area contributed by atoms with Gasteiger partial charge in [-0.15, -0.1) is 0 Å². The SMILES string of the molecule is OC(COCC1CCCO1)CN(Cc1ccco1)C1CCCC1. The molecular weight excluding hydrogens is 294 g/mol. The maximum atomic E-state index is 10.3. The van der Waals surface area contributed by atoms with Gasteiger partial charge in [-0.1, -0.05) is 12.8 Å². The molecule has 1 aromatic rings. The van der Waals surface area contributed by atoms with E-state index in [9.17, 15) is 5.11 Å². The van der Waals surface area contributed by atoms with E-state index in [0.717, 1.165) is 31.8 Å². The minimum atomic E-state index is -0.466. The average Bonchev–Trinajstić information content (AvgIpc) is 3.30. The number of rotatable bonds is 9. The van der Waals surface area contributed by atoms with Crippen LogP contribution >= 0.6 is 0 Å². The minimum absolute atomic E-state index is 0.219. The second-order valence-electron chi connectivity index (χ2n) is 6.77. The number of nitrogens with zero attached hydrogens (tertiary/aromatic N) is 1. The van der Waals surface area contributed by atoms with E-state index in [-0.39, 0.29) is 6.10 Å². The van der Waals surface area contributed by atoms with Gasteiger partial charge in [0.25, 0.3) is 0 Å². The van der Waals surface area contributed by atoms with Crippen molar-refractivity contribution in [3.05, 3.63) is 24.2 Å². The quantitative estimate of drug-likeness (QED) is 0.757. The first-order chi connectivity index (χ1) is 11.3. The third-order valence-electron chi connectivity index (χ3n) is 4.86. The molecule has 0 bridgehead atoms. The molecule has 2 fully saturated rings. The van der Waals surface area contributed by atoms with Crippen molar-refractivity contribution in [3.63, 3.8) is 0 Å². The van der Waals surface area contributed by atoms with E-state index in [1.807, 2.05) is 12.1 Å². The van der Waals surface area contributed by atoms with Crippen molar-refractivity contribution < 1.29 is 19.0 Å². The molecule has 1 N–H and O–H groups in total. The highest BCUT2D eigenvalue weighted by Gasteiger charge is 2.25. The molecule has 130 valence electrons. The van der Waals surface area contributed by atoms with Crippen LogP contribution in [0.4, 0.5) is 0 Å². The lowest BCUT2D eigenvalue weighted by atomic mass is 10.2. The van der Waals surface area contributed by atoms with Gasteiger partial charge in [0.05, 0.1) is 38.2 Å². The van der Waals surface area contributed by atoms with Gasteiger partial charge in [0.15, 0.2) is 0 Å². The van der Waals surface area contributed by atoms with Gasteiger partial charge in [-0.2, -0.15) is 0 Å².